The molecule has 6 heteroatoms. The summed E-state index contributed by atoms with van der Waals surface area (Å²) in [4.78, 5) is 0. The van der Waals surface area contributed by atoms with E-state index in [-0.39, 0.29) is 16.2 Å². The maximum absolute atomic E-state index is 4.06. The van der Waals surface area contributed by atoms with Gasteiger partial charge in [-0.2, -0.15) is 0 Å². The van der Waals surface area contributed by atoms with Crippen LogP contribution in [-0.4, -0.2) is 11.8 Å². The van der Waals surface area contributed by atoms with Gasteiger partial charge in [-0.05, 0) is 124 Å². The minimum absolute atomic E-state index is 0.0661. The van der Waals surface area contributed by atoms with Crippen molar-refractivity contribution in [1.29, 1.82) is 0 Å². The van der Waals surface area contributed by atoms with E-state index in [1.807, 2.05) is 34.0 Å². The SMILES string of the molecule is CC(C)(C)c1ccc(Nc2cc3c(cc2-c2c4c5c(c6cc7c(cc6n5-c5cc6c(cc5[B]4)sc4ccccc46)C(C)(C)CCC7(C)C)c4c2sc2ccccc24)sc2ccccc23)cc1. The highest BCUT2D eigenvalue weighted by molar-refractivity contribution is 7.27. The topological polar surface area (TPSA) is 17.0 Å². The number of hydrogen-bond acceptors (Lipinski definition) is 4. The lowest BCUT2D eigenvalue weighted by molar-refractivity contribution is 0.332. The van der Waals surface area contributed by atoms with Gasteiger partial charge in [-0.25, -0.2) is 0 Å². The second-order valence-electron chi connectivity index (χ2n) is 21.4. The van der Waals surface area contributed by atoms with Crippen molar-refractivity contribution >= 4 is 146 Å². The molecular weight excluding hydrogens is 856 g/mol. The highest BCUT2D eigenvalue weighted by Crippen LogP contribution is 2.53. The standard InChI is InChI=1S/C60H48BN2S3/c1-58(2,3)32-20-22-33(23-21-32)62-44-27-37-34-14-8-11-17-47(34)64-50(37)29-39(44)54-55-56-52(53-36-16-10-13-19-49(36)66-57(53)54)40-26-41-42(60(6,7)25-24-59(41,4)5)30-45(40)63(56)46-28-38-35-15-9-12-18-48(35)65-51(38)31-43(46)61-55/h8-23,26-31,62H,24-25H2,1-7H3. The van der Waals surface area contributed by atoms with Crippen LogP contribution in [0.2, 0.25) is 0 Å². The molecule has 0 amide bonds. The molecule has 0 spiro atoms. The Labute approximate surface area is 397 Å². The summed E-state index contributed by atoms with van der Waals surface area (Å²) in [6.45, 7) is 16.8. The van der Waals surface area contributed by atoms with Crippen molar-refractivity contribution in [3.05, 3.63) is 150 Å². The first-order chi connectivity index (χ1) is 31.8. The minimum Gasteiger partial charge on any atom is -0.355 e. The van der Waals surface area contributed by atoms with E-state index < -0.39 is 0 Å². The average Bonchev–Trinajstić information content (AvgIpc) is 4.06. The van der Waals surface area contributed by atoms with E-state index in [2.05, 4.69) is 199 Å². The molecule has 4 aromatic heterocycles. The number of nitrogens with zero attached hydrogens (tertiary/aromatic N) is 1. The molecule has 0 saturated carbocycles. The van der Waals surface area contributed by atoms with E-state index in [4.69, 9.17) is 0 Å². The van der Waals surface area contributed by atoms with Crippen LogP contribution in [0.15, 0.2) is 133 Å². The first-order valence-corrected chi connectivity index (χ1v) is 25.9. The van der Waals surface area contributed by atoms with Crippen LogP contribution in [0.25, 0.3) is 99.1 Å². The molecule has 1 aliphatic heterocycles. The van der Waals surface area contributed by atoms with E-state index >= 15 is 0 Å². The fourth-order valence-electron chi connectivity index (χ4n) is 11.8. The van der Waals surface area contributed by atoms with Crippen molar-refractivity contribution in [2.45, 2.75) is 77.6 Å². The molecule has 319 valence electrons. The van der Waals surface area contributed by atoms with Crippen LogP contribution in [0.5, 0.6) is 0 Å². The van der Waals surface area contributed by atoms with E-state index in [9.17, 15) is 0 Å². The van der Waals surface area contributed by atoms with Crippen LogP contribution in [0, 0.1) is 0 Å². The smallest absolute Gasteiger partial charge is 0.198 e. The van der Waals surface area contributed by atoms with Gasteiger partial charge < -0.3 is 9.88 Å². The number of nitrogens with one attached hydrogen (secondary N) is 1. The number of hydrogen-bond donors (Lipinski definition) is 1. The Bertz CT molecular complexity index is 4090. The zero-order chi connectivity index (χ0) is 44.6. The van der Waals surface area contributed by atoms with Crippen molar-refractivity contribution in [3.63, 3.8) is 0 Å². The van der Waals surface area contributed by atoms with Gasteiger partial charge in [0.25, 0.3) is 0 Å². The number of anilines is 2. The number of aromatic nitrogens is 1. The Kier molecular flexibility index (Phi) is 7.96. The fourth-order valence-corrected chi connectivity index (χ4v) is 15.3. The summed E-state index contributed by atoms with van der Waals surface area (Å²) in [7, 11) is 2.56. The summed E-state index contributed by atoms with van der Waals surface area (Å²) >= 11 is 5.78. The molecule has 0 bridgehead atoms. The van der Waals surface area contributed by atoms with Crippen LogP contribution in [0.1, 0.15) is 78.0 Å². The van der Waals surface area contributed by atoms with Crippen molar-refractivity contribution in [1.82, 2.24) is 4.57 Å². The largest absolute Gasteiger partial charge is 0.355 e. The normalized spacial score (nSPS) is 15.4. The Hall–Kier alpha value is -5.92. The Morgan fingerprint density at radius 1 is 0.561 bits per heavy atom. The zero-order valence-corrected chi connectivity index (χ0v) is 40.8. The van der Waals surface area contributed by atoms with Gasteiger partial charge in [0, 0.05) is 99.4 Å². The third-order valence-corrected chi connectivity index (χ3v) is 18.9. The van der Waals surface area contributed by atoms with Crippen molar-refractivity contribution in [3.8, 4) is 16.8 Å². The summed E-state index contributed by atoms with van der Waals surface area (Å²) in [5.74, 6) is 0. The first-order valence-electron chi connectivity index (χ1n) is 23.4. The van der Waals surface area contributed by atoms with Crippen LogP contribution in [0.3, 0.4) is 0 Å². The average molecular weight is 904 g/mol. The minimum atomic E-state index is 0.0661. The number of benzene rings is 8. The summed E-state index contributed by atoms with van der Waals surface area (Å²) < 4.78 is 10.7. The molecule has 1 radical (unpaired) electrons. The molecule has 12 aromatic rings. The van der Waals surface area contributed by atoms with Gasteiger partial charge in [-0.3, -0.25) is 0 Å². The lowest BCUT2D eigenvalue weighted by Crippen LogP contribution is -2.37. The summed E-state index contributed by atoms with van der Waals surface area (Å²) in [6, 6.07) is 51.4. The molecule has 5 heterocycles. The predicted molar refractivity (Wildman–Crippen MR) is 294 cm³/mol. The van der Waals surface area contributed by atoms with Crippen LogP contribution < -0.4 is 16.2 Å². The van der Waals surface area contributed by atoms with Gasteiger partial charge in [0.15, 0.2) is 7.28 Å². The lowest BCUT2D eigenvalue weighted by Gasteiger charge is -2.42. The zero-order valence-electron chi connectivity index (χ0n) is 38.4. The molecule has 2 aliphatic rings. The third kappa shape index (κ3) is 5.47. The van der Waals surface area contributed by atoms with Crippen molar-refractivity contribution in [2.75, 3.05) is 5.32 Å². The second-order valence-corrected chi connectivity index (χ2v) is 24.6. The maximum Gasteiger partial charge on any atom is 0.198 e. The summed E-state index contributed by atoms with van der Waals surface area (Å²) in [5, 5.41) is 14.8. The molecule has 0 unspecified atom stereocenters. The van der Waals surface area contributed by atoms with E-state index in [0.717, 1.165) is 11.4 Å². The van der Waals surface area contributed by atoms with Gasteiger partial charge in [0.05, 0.1) is 5.52 Å². The third-order valence-electron chi connectivity index (χ3n) is 15.4. The Balaban J connectivity index is 1.17. The molecule has 0 fully saturated rings. The van der Waals surface area contributed by atoms with Crippen LogP contribution in [0.4, 0.5) is 11.4 Å². The summed E-state index contributed by atoms with van der Waals surface area (Å²) in [5.41, 5.74) is 15.8. The Morgan fingerprint density at radius 3 is 1.82 bits per heavy atom. The quantitative estimate of drug-likeness (QED) is 0.175. The maximum atomic E-state index is 4.06. The molecule has 1 aliphatic carbocycles. The fraction of sp³-hybridized carbons (Fsp3) is 0.200. The van der Waals surface area contributed by atoms with E-state index in [0.29, 0.717) is 0 Å². The van der Waals surface area contributed by atoms with Gasteiger partial charge in [0.1, 0.15) is 0 Å². The molecule has 0 saturated heterocycles. The molecule has 8 aromatic carbocycles. The monoisotopic (exact) mass is 903 g/mol. The van der Waals surface area contributed by atoms with Crippen LogP contribution >= 0.6 is 34.0 Å². The number of thiophene rings is 3. The molecule has 1 N–H and O–H groups in total. The molecule has 0 atom stereocenters. The highest BCUT2D eigenvalue weighted by Gasteiger charge is 2.39. The second kappa shape index (κ2) is 13.4. The van der Waals surface area contributed by atoms with Crippen LogP contribution in [-0.2, 0) is 16.2 Å². The van der Waals surface area contributed by atoms with E-state index in [1.165, 1.54) is 140 Å². The molecule has 66 heavy (non-hydrogen) atoms. The van der Waals surface area contributed by atoms with Gasteiger partial charge >= 0.3 is 0 Å². The number of fused-ring (bicyclic) bond motifs is 16. The van der Waals surface area contributed by atoms with Gasteiger partial charge in [0.2, 0.25) is 0 Å². The molecule has 2 nitrogen and oxygen atoms in total. The van der Waals surface area contributed by atoms with Crippen molar-refractivity contribution < 1.29 is 0 Å². The molecule has 14 rings (SSSR count). The lowest BCUT2D eigenvalue weighted by atomic mass is 9.58. The van der Waals surface area contributed by atoms with E-state index in [1.54, 1.807) is 0 Å². The van der Waals surface area contributed by atoms with Crippen molar-refractivity contribution in [2.24, 2.45) is 0 Å². The molecular formula is C60H48BN2S3. The van der Waals surface area contributed by atoms with Gasteiger partial charge in [-0.1, -0.05) is 121 Å². The Morgan fingerprint density at radius 2 is 1.15 bits per heavy atom. The summed E-state index contributed by atoms with van der Waals surface area (Å²) in [6.07, 6.45) is 2.35. The van der Waals surface area contributed by atoms with Gasteiger partial charge in [-0.15, -0.1) is 34.0 Å². The first kappa shape index (κ1) is 39.3. The predicted octanol–water partition coefficient (Wildman–Crippen LogP) is 16.9. The number of rotatable bonds is 3. The highest BCUT2D eigenvalue weighted by atomic mass is 32.1.